The minimum absolute atomic E-state index is 0.0154. The zero-order valence-corrected chi connectivity index (χ0v) is 14.4. The van der Waals surface area contributed by atoms with E-state index in [0.717, 1.165) is 43.3 Å². The molecule has 3 fully saturated rings. The van der Waals surface area contributed by atoms with Crippen molar-refractivity contribution in [2.75, 3.05) is 26.2 Å². The maximum absolute atomic E-state index is 13.0. The van der Waals surface area contributed by atoms with Gasteiger partial charge in [-0.3, -0.25) is 9.59 Å². The monoisotopic (exact) mass is 333 g/mol. The lowest BCUT2D eigenvalue weighted by atomic mass is 9.78. The molecule has 0 bridgehead atoms. The summed E-state index contributed by atoms with van der Waals surface area (Å²) in [6.07, 6.45) is 5.33. The Kier molecular flexibility index (Phi) is 3.67. The molecule has 23 heavy (non-hydrogen) atoms. The molecule has 1 aromatic heterocycles. The van der Waals surface area contributed by atoms with Gasteiger partial charge in [0.1, 0.15) is 5.69 Å². The van der Waals surface area contributed by atoms with E-state index in [9.17, 15) is 9.59 Å². The Hall–Kier alpha value is -1.43. The lowest BCUT2D eigenvalue weighted by Gasteiger charge is -2.39. The molecule has 5 nitrogen and oxygen atoms in total. The molecule has 1 spiro atoms. The van der Waals surface area contributed by atoms with Crippen LogP contribution in [0, 0.1) is 18.3 Å². The normalized spacial score (nSPS) is 28.0. The van der Waals surface area contributed by atoms with Gasteiger partial charge in [-0.05, 0) is 44.9 Å². The topological polar surface area (TPSA) is 53.5 Å². The second-order valence-electron chi connectivity index (χ2n) is 7.31. The first-order valence-corrected chi connectivity index (χ1v) is 9.46. The van der Waals surface area contributed by atoms with Gasteiger partial charge in [-0.15, -0.1) is 11.3 Å². The number of nitrogens with zero attached hydrogens (tertiary/aromatic N) is 3. The fraction of sp³-hybridized carbons (Fsp3) is 0.706. The van der Waals surface area contributed by atoms with E-state index >= 15 is 0 Å². The molecule has 0 N–H and O–H groups in total. The van der Waals surface area contributed by atoms with Crippen LogP contribution in [0.25, 0.3) is 0 Å². The lowest BCUT2D eigenvalue weighted by Crippen LogP contribution is -2.51. The lowest BCUT2D eigenvalue weighted by molar-refractivity contribution is -0.145. The van der Waals surface area contributed by atoms with Crippen LogP contribution in [0.3, 0.4) is 0 Å². The Balaban J connectivity index is 1.47. The Morgan fingerprint density at radius 2 is 2.22 bits per heavy atom. The third-order valence-corrected chi connectivity index (χ3v) is 6.25. The summed E-state index contributed by atoms with van der Waals surface area (Å²) >= 11 is 1.50. The molecule has 3 heterocycles. The molecule has 0 unspecified atom stereocenters. The number of hydrogen-bond acceptors (Lipinski definition) is 4. The first-order valence-electron chi connectivity index (χ1n) is 8.58. The minimum Gasteiger partial charge on any atom is -0.342 e. The molecule has 4 rings (SSSR count). The van der Waals surface area contributed by atoms with Crippen LogP contribution in [-0.4, -0.2) is 52.8 Å². The highest BCUT2D eigenvalue weighted by Crippen LogP contribution is 2.42. The molecular weight excluding hydrogens is 310 g/mol. The van der Waals surface area contributed by atoms with Crippen molar-refractivity contribution in [3.63, 3.8) is 0 Å². The van der Waals surface area contributed by atoms with Gasteiger partial charge in [-0.2, -0.15) is 0 Å². The summed E-state index contributed by atoms with van der Waals surface area (Å²) in [5.74, 6) is 1.00. The van der Waals surface area contributed by atoms with Crippen molar-refractivity contribution in [3.05, 3.63) is 16.1 Å². The third kappa shape index (κ3) is 2.77. The number of rotatable bonds is 3. The number of thiazole rings is 1. The molecule has 0 radical (unpaired) electrons. The molecule has 2 amide bonds. The van der Waals surface area contributed by atoms with Gasteiger partial charge in [0.15, 0.2) is 0 Å². The summed E-state index contributed by atoms with van der Waals surface area (Å²) in [7, 11) is 0. The fourth-order valence-electron chi connectivity index (χ4n) is 3.99. The van der Waals surface area contributed by atoms with Crippen LogP contribution in [-0.2, 0) is 4.79 Å². The maximum atomic E-state index is 13.0. The summed E-state index contributed by atoms with van der Waals surface area (Å²) in [5, 5.41) is 2.73. The second-order valence-corrected chi connectivity index (χ2v) is 8.37. The van der Waals surface area contributed by atoms with Crippen molar-refractivity contribution in [1.82, 2.24) is 14.8 Å². The van der Waals surface area contributed by atoms with Crippen molar-refractivity contribution in [2.24, 2.45) is 11.3 Å². The number of aryl methyl sites for hydroxylation is 1. The van der Waals surface area contributed by atoms with E-state index in [4.69, 9.17) is 0 Å². The van der Waals surface area contributed by atoms with Gasteiger partial charge >= 0.3 is 0 Å². The van der Waals surface area contributed by atoms with Gasteiger partial charge in [-0.1, -0.05) is 0 Å². The molecule has 1 atom stereocenters. The number of piperidine rings is 1. The van der Waals surface area contributed by atoms with Gasteiger partial charge in [0, 0.05) is 31.6 Å². The van der Waals surface area contributed by atoms with Gasteiger partial charge in [-0.25, -0.2) is 4.98 Å². The quantitative estimate of drug-likeness (QED) is 0.853. The highest BCUT2D eigenvalue weighted by atomic mass is 32.1. The number of carbonyl (C=O) groups is 2. The minimum atomic E-state index is -0.326. The number of likely N-dealkylation sites (tertiary alicyclic amines) is 2. The summed E-state index contributed by atoms with van der Waals surface area (Å²) in [5.41, 5.74) is 0.205. The summed E-state index contributed by atoms with van der Waals surface area (Å²) < 4.78 is 0. The average molecular weight is 333 g/mol. The van der Waals surface area contributed by atoms with E-state index in [-0.39, 0.29) is 11.3 Å². The predicted molar refractivity (Wildman–Crippen MR) is 88.3 cm³/mol. The van der Waals surface area contributed by atoms with E-state index in [2.05, 4.69) is 9.88 Å². The zero-order chi connectivity index (χ0) is 16.0. The molecule has 2 saturated heterocycles. The van der Waals surface area contributed by atoms with Crippen molar-refractivity contribution < 1.29 is 9.59 Å². The Bertz CT molecular complexity index is 640. The number of amides is 2. The Labute approximate surface area is 140 Å². The average Bonchev–Trinajstić information content (AvgIpc) is 3.08. The van der Waals surface area contributed by atoms with Crippen LogP contribution >= 0.6 is 11.3 Å². The largest absolute Gasteiger partial charge is 0.342 e. The molecule has 1 aliphatic carbocycles. The molecular formula is C17H23N3O2S. The van der Waals surface area contributed by atoms with E-state index in [1.807, 2.05) is 17.2 Å². The molecule has 1 saturated carbocycles. The van der Waals surface area contributed by atoms with E-state index in [0.29, 0.717) is 24.7 Å². The zero-order valence-electron chi connectivity index (χ0n) is 13.6. The van der Waals surface area contributed by atoms with Crippen molar-refractivity contribution in [2.45, 2.75) is 39.0 Å². The molecule has 124 valence electrons. The third-order valence-electron chi connectivity index (χ3n) is 5.48. The van der Waals surface area contributed by atoms with Crippen LogP contribution < -0.4 is 0 Å². The standard InChI is InChI=1S/C17H23N3O2S/c1-12-18-14(10-23-12)15(21)20-8-6-17(11-20)5-2-7-19(16(17)22)9-13-3-4-13/h10,13H,2-9,11H2,1H3/t17-/m0/s1. The van der Waals surface area contributed by atoms with Crippen molar-refractivity contribution >= 4 is 23.2 Å². The first kappa shape index (κ1) is 15.1. The summed E-state index contributed by atoms with van der Waals surface area (Å²) in [6, 6.07) is 0. The van der Waals surface area contributed by atoms with E-state index in [1.165, 1.54) is 24.2 Å². The molecule has 6 heteroatoms. The first-order chi connectivity index (χ1) is 11.1. The SMILES string of the molecule is Cc1nc(C(=O)N2CC[C@@]3(CCCN(CC4CC4)C3=O)C2)cs1. The van der Waals surface area contributed by atoms with Gasteiger partial charge in [0.25, 0.3) is 5.91 Å². The molecule has 3 aliphatic rings. The summed E-state index contributed by atoms with van der Waals surface area (Å²) in [4.78, 5) is 33.8. The Morgan fingerprint density at radius 1 is 1.39 bits per heavy atom. The highest BCUT2D eigenvalue weighted by molar-refractivity contribution is 7.09. The highest BCUT2D eigenvalue weighted by Gasteiger charge is 2.50. The van der Waals surface area contributed by atoms with Crippen LogP contribution in [0.4, 0.5) is 0 Å². The maximum Gasteiger partial charge on any atom is 0.273 e. The van der Waals surface area contributed by atoms with Crippen LogP contribution in [0.1, 0.15) is 47.6 Å². The van der Waals surface area contributed by atoms with Gasteiger partial charge in [0.05, 0.1) is 10.4 Å². The van der Waals surface area contributed by atoms with Gasteiger partial charge < -0.3 is 9.80 Å². The van der Waals surface area contributed by atoms with Crippen molar-refractivity contribution in [1.29, 1.82) is 0 Å². The Morgan fingerprint density at radius 3 is 2.91 bits per heavy atom. The summed E-state index contributed by atoms with van der Waals surface area (Å²) in [6.45, 7) is 4.99. The van der Waals surface area contributed by atoms with Crippen LogP contribution in [0.5, 0.6) is 0 Å². The number of hydrogen-bond donors (Lipinski definition) is 0. The fourth-order valence-corrected chi connectivity index (χ4v) is 4.57. The van der Waals surface area contributed by atoms with E-state index in [1.54, 1.807) is 0 Å². The van der Waals surface area contributed by atoms with Crippen molar-refractivity contribution in [3.8, 4) is 0 Å². The molecule has 0 aromatic carbocycles. The van der Waals surface area contributed by atoms with Crippen LogP contribution in [0.15, 0.2) is 5.38 Å². The van der Waals surface area contributed by atoms with E-state index < -0.39 is 0 Å². The number of aromatic nitrogens is 1. The van der Waals surface area contributed by atoms with Gasteiger partial charge in [0.2, 0.25) is 5.91 Å². The smallest absolute Gasteiger partial charge is 0.273 e. The molecule has 2 aliphatic heterocycles. The predicted octanol–water partition coefficient (Wildman–Crippen LogP) is 2.32. The van der Waals surface area contributed by atoms with Crippen LogP contribution in [0.2, 0.25) is 0 Å². The number of carbonyl (C=O) groups excluding carboxylic acids is 2. The molecule has 1 aromatic rings. The second kappa shape index (κ2) is 5.58.